The SMILES string of the molecule is CC(=O)N1CCCCC1C/C(C)=N/O. The van der Waals surface area contributed by atoms with Crippen LogP contribution < -0.4 is 0 Å². The summed E-state index contributed by atoms with van der Waals surface area (Å²) in [6, 6.07) is 0.233. The molecule has 0 aromatic heterocycles. The van der Waals surface area contributed by atoms with Gasteiger partial charge in [-0.2, -0.15) is 0 Å². The Morgan fingerprint density at radius 1 is 1.50 bits per heavy atom. The van der Waals surface area contributed by atoms with Gasteiger partial charge in [0.05, 0.1) is 5.71 Å². The average Bonchev–Trinajstić information content (AvgIpc) is 2.18. The Morgan fingerprint density at radius 3 is 2.79 bits per heavy atom. The maximum absolute atomic E-state index is 11.3. The van der Waals surface area contributed by atoms with Crippen molar-refractivity contribution in [3.05, 3.63) is 0 Å². The van der Waals surface area contributed by atoms with Gasteiger partial charge in [0.1, 0.15) is 0 Å². The number of amides is 1. The normalized spacial score (nSPS) is 23.7. The second-order valence-electron chi connectivity index (χ2n) is 3.90. The van der Waals surface area contributed by atoms with Crippen molar-refractivity contribution in [2.45, 2.75) is 45.6 Å². The highest BCUT2D eigenvalue weighted by atomic mass is 16.4. The molecule has 1 saturated heterocycles. The number of rotatable bonds is 2. The molecule has 0 aliphatic carbocycles. The molecule has 1 N–H and O–H groups in total. The fraction of sp³-hybridized carbons (Fsp3) is 0.800. The molecule has 14 heavy (non-hydrogen) atoms. The van der Waals surface area contributed by atoms with Crippen LogP contribution in [0.15, 0.2) is 5.16 Å². The zero-order chi connectivity index (χ0) is 10.6. The van der Waals surface area contributed by atoms with Crippen molar-refractivity contribution in [2.75, 3.05) is 6.54 Å². The van der Waals surface area contributed by atoms with Gasteiger partial charge in [0.25, 0.3) is 0 Å². The van der Waals surface area contributed by atoms with E-state index in [2.05, 4.69) is 5.16 Å². The van der Waals surface area contributed by atoms with Crippen LogP contribution in [0.3, 0.4) is 0 Å². The Balaban J connectivity index is 2.58. The van der Waals surface area contributed by atoms with E-state index < -0.39 is 0 Å². The van der Waals surface area contributed by atoms with Crippen LogP contribution in [0.25, 0.3) is 0 Å². The Kier molecular flexibility index (Phi) is 3.92. The molecule has 1 fully saturated rings. The van der Waals surface area contributed by atoms with Gasteiger partial charge >= 0.3 is 0 Å². The largest absolute Gasteiger partial charge is 0.411 e. The molecule has 4 heteroatoms. The van der Waals surface area contributed by atoms with Gasteiger partial charge in [-0.3, -0.25) is 4.79 Å². The number of oxime groups is 1. The molecule has 1 unspecified atom stereocenters. The third kappa shape index (κ3) is 2.72. The van der Waals surface area contributed by atoms with Gasteiger partial charge in [0.2, 0.25) is 5.91 Å². The van der Waals surface area contributed by atoms with Crippen LogP contribution in [-0.4, -0.2) is 34.3 Å². The van der Waals surface area contributed by atoms with E-state index in [1.807, 2.05) is 4.90 Å². The molecular weight excluding hydrogens is 180 g/mol. The molecule has 1 heterocycles. The predicted molar refractivity (Wildman–Crippen MR) is 54.5 cm³/mol. The summed E-state index contributed by atoms with van der Waals surface area (Å²) < 4.78 is 0. The number of carbonyl (C=O) groups is 1. The zero-order valence-corrected chi connectivity index (χ0v) is 8.86. The molecule has 1 amide bonds. The van der Waals surface area contributed by atoms with Crippen molar-refractivity contribution in [1.29, 1.82) is 0 Å². The number of likely N-dealkylation sites (tertiary alicyclic amines) is 1. The molecule has 0 saturated carbocycles. The first-order valence-electron chi connectivity index (χ1n) is 5.10. The summed E-state index contributed by atoms with van der Waals surface area (Å²) in [6.45, 7) is 4.23. The van der Waals surface area contributed by atoms with E-state index in [9.17, 15) is 4.79 Å². The molecule has 0 aromatic rings. The van der Waals surface area contributed by atoms with Crippen molar-refractivity contribution in [2.24, 2.45) is 5.16 Å². The zero-order valence-electron chi connectivity index (χ0n) is 8.86. The minimum atomic E-state index is 0.125. The van der Waals surface area contributed by atoms with Gasteiger partial charge in [-0.1, -0.05) is 5.16 Å². The molecule has 0 spiro atoms. The molecule has 4 nitrogen and oxygen atoms in total. The van der Waals surface area contributed by atoms with Crippen LogP contribution in [0.4, 0.5) is 0 Å². The lowest BCUT2D eigenvalue weighted by molar-refractivity contribution is -0.132. The van der Waals surface area contributed by atoms with Crippen LogP contribution in [-0.2, 0) is 4.79 Å². The van der Waals surface area contributed by atoms with Gasteiger partial charge in [-0.25, -0.2) is 0 Å². The minimum absolute atomic E-state index is 0.125. The summed E-state index contributed by atoms with van der Waals surface area (Å²) >= 11 is 0. The van der Waals surface area contributed by atoms with E-state index in [4.69, 9.17) is 5.21 Å². The van der Waals surface area contributed by atoms with Gasteiger partial charge in [-0.15, -0.1) is 0 Å². The van der Waals surface area contributed by atoms with Gasteiger partial charge < -0.3 is 10.1 Å². The first-order chi connectivity index (χ1) is 6.65. The molecule has 1 aliphatic rings. The highest BCUT2D eigenvalue weighted by Crippen LogP contribution is 2.20. The lowest BCUT2D eigenvalue weighted by atomic mass is 9.97. The molecule has 1 atom stereocenters. The molecule has 80 valence electrons. The molecule has 0 radical (unpaired) electrons. The Hall–Kier alpha value is -1.06. The molecule has 1 rings (SSSR count). The molecule has 0 bridgehead atoms. The lowest BCUT2D eigenvalue weighted by Gasteiger charge is -2.34. The number of nitrogens with zero attached hydrogens (tertiary/aromatic N) is 2. The summed E-state index contributed by atoms with van der Waals surface area (Å²) in [4.78, 5) is 13.2. The average molecular weight is 198 g/mol. The van der Waals surface area contributed by atoms with Crippen LogP contribution in [0.1, 0.15) is 39.5 Å². The predicted octanol–water partition coefficient (Wildman–Crippen LogP) is 1.63. The van der Waals surface area contributed by atoms with Gasteiger partial charge in [0.15, 0.2) is 0 Å². The molecule has 1 aliphatic heterocycles. The van der Waals surface area contributed by atoms with E-state index in [1.165, 1.54) is 0 Å². The maximum atomic E-state index is 11.3. The Morgan fingerprint density at radius 2 is 2.21 bits per heavy atom. The summed E-state index contributed by atoms with van der Waals surface area (Å²) in [7, 11) is 0. The fourth-order valence-electron chi connectivity index (χ4n) is 2.01. The number of hydrogen-bond acceptors (Lipinski definition) is 3. The molecule has 0 aromatic carbocycles. The van der Waals surface area contributed by atoms with E-state index in [0.717, 1.165) is 25.8 Å². The lowest BCUT2D eigenvalue weighted by Crippen LogP contribution is -2.43. The monoisotopic (exact) mass is 198 g/mol. The smallest absolute Gasteiger partial charge is 0.219 e. The van der Waals surface area contributed by atoms with Crippen LogP contribution in [0, 0.1) is 0 Å². The number of piperidine rings is 1. The number of hydrogen-bond donors (Lipinski definition) is 1. The van der Waals surface area contributed by atoms with E-state index in [-0.39, 0.29) is 11.9 Å². The van der Waals surface area contributed by atoms with E-state index in [0.29, 0.717) is 12.1 Å². The van der Waals surface area contributed by atoms with E-state index in [1.54, 1.807) is 13.8 Å². The third-order valence-electron chi connectivity index (χ3n) is 2.73. The minimum Gasteiger partial charge on any atom is -0.411 e. The standard InChI is InChI=1S/C10H18N2O2/c1-8(11-14)7-10-5-3-4-6-12(10)9(2)13/h10,14H,3-7H2,1-2H3/b11-8+. The summed E-state index contributed by atoms with van der Waals surface area (Å²) in [5.41, 5.74) is 0.697. The van der Waals surface area contributed by atoms with Crippen LogP contribution in [0.2, 0.25) is 0 Å². The highest BCUT2D eigenvalue weighted by Gasteiger charge is 2.24. The van der Waals surface area contributed by atoms with Gasteiger partial charge in [0, 0.05) is 25.9 Å². The van der Waals surface area contributed by atoms with Crippen molar-refractivity contribution in [3.63, 3.8) is 0 Å². The fourth-order valence-corrected chi connectivity index (χ4v) is 2.01. The van der Waals surface area contributed by atoms with Crippen molar-refractivity contribution < 1.29 is 10.0 Å². The topological polar surface area (TPSA) is 52.9 Å². The first kappa shape index (κ1) is 11.0. The summed E-state index contributed by atoms with van der Waals surface area (Å²) in [6.07, 6.45) is 3.96. The van der Waals surface area contributed by atoms with Gasteiger partial charge in [-0.05, 0) is 26.2 Å². The summed E-state index contributed by atoms with van der Waals surface area (Å²) in [5.74, 6) is 0.125. The second-order valence-corrected chi connectivity index (χ2v) is 3.90. The first-order valence-corrected chi connectivity index (χ1v) is 5.10. The maximum Gasteiger partial charge on any atom is 0.219 e. The van der Waals surface area contributed by atoms with Crippen LogP contribution in [0.5, 0.6) is 0 Å². The Labute approximate surface area is 84.6 Å². The van der Waals surface area contributed by atoms with Crippen LogP contribution >= 0.6 is 0 Å². The van der Waals surface area contributed by atoms with E-state index >= 15 is 0 Å². The Bertz CT molecular complexity index is 238. The number of carbonyl (C=O) groups excluding carboxylic acids is 1. The van der Waals surface area contributed by atoms with Crippen molar-refractivity contribution in [3.8, 4) is 0 Å². The summed E-state index contributed by atoms with van der Waals surface area (Å²) in [5, 5.41) is 11.7. The quantitative estimate of drug-likeness (QED) is 0.416. The highest BCUT2D eigenvalue weighted by molar-refractivity contribution is 5.82. The third-order valence-corrected chi connectivity index (χ3v) is 2.73. The van der Waals surface area contributed by atoms with Crippen molar-refractivity contribution >= 4 is 11.6 Å². The second kappa shape index (κ2) is 4.98. The molecular formula is C10H18N2O2. The van der Waals surface area contributed by atoms with Crippen molar-refractivity contribution in [1.82, 2.24) is 4.90 Å².